The Morgan fingerprint density at radius 1 is 1.56 bits per heavy atom. The summed E-state index contributed by atoms with van der Waals surface area (Å²) in [5, 5.41) is 8.99. The van der Waals surface area contributed by atoms with E-state index in [-0.39, 0.29) is 11.6 Å². The van der Waals surface area contributed by atoms with Gasteiger partial charge in [0.2, 0.25) is 0 Å². The molecule has 5 nitrogen and oxygen atoms in total. The molecule has 0 saturated heterocycles. The van der Waals surface area contributed by atoms with Crippen LogP contribution in [0.25, 0.3) is 0 Å². The molecule has 1 unspecified atom stereocenters. The quantitative estimate of drug-likeness (QED) is 0.876. The monoisotopic (exact) mass is 252 g/mol. The highest BCUT2D eigenvalue weighted by molar-refractivity contribution is 5.97. The van der Waals surface area contributed by atoms with Gasteiger partial charge in [0.05, 0.1) is 11.8 Å². The summed E-state index contributed by atoms with van der Waals surface area (Å²) in [7, 11) is 0. The third-order valence-corrected chi connectivity index (χ3v) is 2.95. The van der Waals surface area contributed by atoms with E-state index in [0.29, 0.717) is 0 Å². The standard InChI is InChI=1S/C12H13FN2O3/c1-7(12(17)18)15(8-2-3-8)11(16)9-4-5-14-6-10(9)13/h4-8H,2-3H2,1H3,(H,17,18). The van der Waals surface area contributed by atoms with Gasteiger partial charge >= 0.3 is 5.97 Å². The summed E-state index contributed by atoms with van der Waals surface area (Å²) >= 11 is 0. The third kappa shape index (κ3) is 2.32. The molecule has 96 valence electrons. The van der Waals surface area contributed by atoms with E-state index in [0.717, 1.165) is 19.0 Å². The maximum absolute atomic E-state index is 13.5. The smallest absolute Gasteiger partial charge is 0.326 e. The highest BCUT2D eigenvalue weighted by Gasteiger charge is 2.39. The average Bonchev–Trinajstić information content (AvgIpc) is 3.14. The Morgan fingerprint density at radius 2 is 2.22 bits per heavy atom. The number of halogens is 1. The molecule has 1 aliphatic carbocycles. The fraction of sp³-hybridized carbons (Fsp3) is 0.417. The summed E-state index contributed by atoms with van der Waals surface area (Å²) in [5.41, 5.74) is -0.134. The summed E-state index contributed by atoms with van der Waals surface area (Å²) in [4.78, 5) is 28.0. The number of carboxylic acid groups (broad SMARTS) is 1. The topological polar surface area (TPSA) is 70.5 Å². The van der Waals surface area contributed by atoms with E-state index >= 15 is 0 Å². The second kappa shape index (κ2) is 4.72. The lowest BCUT2D eigenvalue weighted by atomic mass is 10.2. The van der Waals surface area contributed by atoms with Crippen molar-refractivity contribution in [1.82, 2.24) is 9.88 Å². The fourth-order valence-corrected chi connectivity index (χ4v) is 1.82. The van der Waals surface area contributed by atoms with E-state index in [1.807, 2.05) is 0 Å². The highest BCUT2D eigenvalue weighted by atomic mass is 19.1. The van der Waals surface area contributed by atoms with E-state index in [4.69, 9.17) is 5.11 Å². The first-order chi connectivity index (χ1) is 8.52. The van der Waals surface area contributed by atoms with Gasteiger partial charge in [-0.15, -0.1) is 0 Å². The van der Waals surface area contributed by atoms with Crippen molar-refractivity contribution in [3.63, 3.8) is 0 Å². The van der Waals surface area contributed by atoms with Crippen molar-refractivity contribution in [1.29, 1.82) is 0 Å². The second-order valence-electron chi connectivity index (χ2n) is 4.31. The van der Waals surface area contributed by atoms with Crippen molar-refractivity contribution in [3.05, 3.63) is 29.8 Å². The van der Waals surface area contributed by atoms with Gasteiger partial charge in [0.1, 0.15) is 6.04 Å². The lowest BCUT2D eigenvalue weighted by Gasteiger charge is -2.26. The lowest BCUT2D eigenvalue weighted by Crippen LogP contribution is -2.45. The number of nitrogens with zero attached hydrogens (tertiary/aromatic N) is 2. The summed E-state index contributed by atoms with van der Waals surface area (Å²) in [6.45, 7) is 1.43. The molecule has 1 aromatic rings. The SMILES string of the molecule is CC(C(=O)O)N(C(=O)c1ccncc1F)C1CC1. The maximum Gasteiger partial charge on any atom is 0.326 e. The van der Waals surface area contributed by atoms with Crippen LogP contribution in [0.15, 0.2) is 18.5 Å². The minimum absolute atomic E-state index is 0.101. The number of pyridine rings is 1. The Hall–Kier alpha value is -1.98. The van der Waals surface area contributed by atoms with Crippen LogP contribution in [-0.2, 0) is 4.79 Å². The first kappa shape index (κ1) is 12.5. The Bertz CT molecular complexity index is 488. The molecule has 0 spiro atoms. The number of carboxylic acids is 1. The molecule has 6 heteroatoms. The van der Waals surface area contributed by atoms with Gasteiger partial charge in [-0.2, -0.15) is 0 Å². The summed E-state index contributed by atoms with van der Waals surface area (Å²) < 4.78 is 13.5. The normalized spacial score (nSPS) is 16.1. The van der Waals surface area contributed by atoms with E-state index in [1.54, 1.807) is 0 Å². The van der Waals surface area contributed by atoms with E-state index < -0.39 is 23.7 Å². The van der Waals surface area contributed by atoms with Crippen LogP contribution in [-0.4, -0.2) is 39.0 Å². The predicted molar refractivity (Wildman–Crippen MR) is 60.5 cm³/mol. The first-order valence-corrected chi connectivity index (χ1v) is 5.67. The Balaban J connectivity index is 2.29. The molecule has 0 bridgehead atoms. The molecule has 1 fully saturated rings. The van der Waals surface area contributed by atoms with Crippen LogP contribution < -0.4 is 0 Å². The third-order valence-electron chi connectivity index (χ3n) is 2.95. The molecule has 1 aliphatic rings. The molecular formula is C12H13FN2O3. The van der Waals surface area contributed by atoms with Crippen molar-refractivity contribution >= 4 is 11.9 Å². The number of carbonyl (C=O) groups is 2. The predicted octanol–water partition coefficient (Wildman–Crippen LogP) is 1.30. The molecule has 1 atom stereocenters. The molecule has 0 aliphatic heterocycles. The van der Waals surface area contributed by atoms with Crippen LogP contribution in [0.3, 0.4) is 0 Å². The Morgan fingerprint density at radius 3 is 2.72 bits per heavy atom. The van der Waals surface area contributed by atoms with Crippen molar-refractivity contribution < 1.29 is 19.1 Å². The van der Waals surface area contributed by atoms with Crippen LogP contribution in [0.5, 0.6) is 0 Å². The van der Waals surface area contributed by atoms with Gasteiger partial charge in [0, 0.05) is 12.2 Å². The van der Waals surface area contributed by atoms with Crippen LogP contribution in [0.2, 0.25) is 0 Å². The summed E-state index contributed by atoms with van der Waals surface area (Å²) in [5.74, 6) is -2.41. The molecule has 1 aromatic heterocycles. The minimum Gasteiger partial charge on any atom is -0.480 e. The number of aromatic nitrogens is 1. The van der Waals surface area contributed by atoms with Crippen LogP contribution in [0.4, 0.5) is 4.39 Å². The zero-order chi connectivity index (χ0) is 13.3. The highest BCUT2D eigenvalue weighted by Crippen LogP contribution is 2.30. The Labute approximate surface area is 103 Å². The van der Waals surface area contributed by atoms with Gasteiger partial charge in [-0.25, -0.2) is 9.18 Å². The van der Waals surface area contributed by atoms with Gasteiger partial charge in [0.25, 0.3) is 5.91 Å². The van der Waals surface area contributed by atoms with Gasteiger partial charge in [-0.05, 0) is 25.8 Å². The molecule has 1 saturated carbocycles. The minimum atomic E-state index is -1.09. The van der Waals surface area contributed by atoms with Crippen LogP contribution >= 0.6 is 0 Å². The zero-order valence-corrected chi connectivity index (χ0v) is 9.84. The molecule has 1 N–H and O–H groups in total. The molecule has 2 rings (SSSR count). The van der Waals surface area contributed by atoms with E-state index in [9.17, 15) is 14.0 Å². The van der Waals surface area contributed by atoms with E-state index in [2.05, 4.69) is 4.98 Å². The summed E-state index contributed by atoms with van der Waals surface area (Å²) in [6, 6.07) is 0.204. The lowest BCUT2D eigenvalue weighted by molar-refractivity contribution is -0.141. The number of carbonyl (C=O) groups excluding carboxylic acids is 1. The van der Waals surface area contributed by atoms with Gasteiger partial charge in [-0.3, -0.25) is 9.78 Å². The molecule has 18 heavy (non-hydrogen) atoms. The second-order valence-corrected chi connectivity index (χ2v) is 4.31. The van der Waals surface area contributed by atoms with Crippen molar-refractivity contribution in [3.8, 4) is 0 Å². The van der Waals surface area contributed by atoms with Crippen molar-refractivity contribution in [2.75, 3.05) is 0 Å². The van der Waals surface area contributed by atoms with Crippen molar-refractivity contribution in [2.45, 2.75) is 31.8 Å². The van der Waals surface area contributed by atoms with Crippen LogP contribution in [0, 0.1) is 5.82 Å². The average molecular weight is 252 g/mol. The molecular weight excluding hydrogens is 239 g/mol. The summed E-state index contributed by atoms with van der Waals surface area (Å²) in [6.07, 6.45) is 3.78. The number of aliphatic carboxylic acids is 1. The number of amides is 1. The van der Waals surface area contributed by atoms with Gasteiger partial charge in [-0.1, -0.05) is 0 Å². The molecule has 1 amide bonds. The van der Waals surface area contributed by atoms with Gasteiger partial charge in [0.15, 0.2) is 5.82 Å². The first-order valence-electron chi connectivity index (χ1n) is 5.67. The van der Waals surface area contributed by atoms with Crippen molar-refractivity contribution in [2.24, 2.45) is 0 Å². The number of hydrogen-bond acceptors (Lipinski definition) is 3. The maximum atomic E-state index is 13.5. The largest absolute Gasteiger partial charge is 0.480 e. The molecule has 0 aromatic carbocycles. The van der Waals surface area contributed by atoms with E-state index in [1.165, 1.54) is 24.1 Å². The van der Waals surface area contributed by atoms with Gasteiger partial charge < -0.3 is 10.0 Å². The van der Waals surface area contributed by atoms with Crippen LogP contribution in [0.1, 0.15) is 30.1 Å². The Kier molecular flexibility index (Phi) is 3.27. The number of hydrogen-bond donors (Lipinski definition) is 1. The number of rotatable bonds is 4. The zero-order valence-electron chi connectivity index (χ0n) is 9.84. The molecule has 0 radical (unpaired) electrons. The molecule has 1 heterocycles. The fourth-order valence-electron chi connectivity index (χ4n) is 1.82.